The highest BCUT2D eigenvalue weighted by molar-refractivity contribution is 7.89. The fourth-order valence-electron chi connectivity index (χ4n) is 2.60. The minimum absolute atomic E-state index is 0.0625. The summed E-state index contributed by atoms with van der Waals surface area (Å²) in [6, 6.07) is 5.73. The number of carbonyl (C=O) groups excluding carboxylic acids is 1. The molecule has 1 aliphatic heterocycles. The number of sulfonamides is 1. The second-order valence-electron chi connectivity index (χ2n) is 5.76. The van der Waals surface area contributed by atoms with Crippen molar-refractivity contribution in [1.29, 1.82) is 0 Å². The van der Waals surface area contributed by atoms with Gasteiger partial charge >= 0.3 is 5.97 Å². The zero-order chi connectivity index (χ0) is 18.0. The van der Waals surface area contributed by atoms with E-state index in [1.54, 1.807) is 13.0 Å². The molecular weight excluding hydrogens is 368 g/mol. The number of aryl methyl sites for hydroxylation is 1. The van der Waals surface area contributed by atoms with Crippen molar-refractivity contribution in [3.63, 3.8) is 0 Å². The third kappa shape index (κ3) is 3.86. The SMILES string of the molecule is Cc1cc(COC(=O)c2ccc(Cl)c(S(=O)(=O)N3CCCC3)c2)no1. The fourth-order valence-corrected chi connectivity index (χ4v) is 4.62. The van der Waals surface area contributed by atoms with E-state index in [2.05, 4.69) is 5.16 Å². The minimum Gasteiger partial charge on any atom is -0.455 e. The number of benzene rings is 1. The van der Waals surface area contributed by atoms with Crippen LogP contribution in [0.4, 0.5) is 0 Å². The highest BCUT2D eigenvalue weighted by Gasteiger charge is 2.30. The molecule has 25 heavy (non-hydrogen) atoms. The maximum atomic E-state index is 12.7. The third-order valence-electron chi connectivity index (χ3n) is 3.88. The Kier molecular flexibility index (Phi) is 5.12. The molecule has 0 saturated carbocycles. The lowest BCUT2D eigenvalue weighted by atomic mass is 10.2. The van der Waals surface area contributed by atoms with Crippen molar-refractivity contribution in [3.05, 3.63) is 46.3 Å². The summed E-state index contributed by atoms with van der Waals surface area (Å²) in [6.45, 7) is 2.58. The summed E-state index contributed by atoms with van der Waals surface area (Å²) >= 11 is 6.06. The lowest BCUT2D eigenvalue weighted by Gasteiger charge is -2.17. The van der Waals surface area contributed by atoms with Gasteiger partial charge in [-0.3, -0.25) is 0 Å². The van der Waals surface area contributed by atoms with Crippen molar-refractivity contribution in [1.82, 2.24) is 9.46 Å². The van der Waals surface area contributed by atoms with E-state index in [1.807, 2.05) is 0 Å². The van der Waals surface area contributed by atoms with Gasteiger partial charge in [-0.15, -0.1) is 0 Å². The zero-order valence-corrected chi connectivity index (χ0v) is 15.1. The van der Waals surface area contributed by atoms with Gasteiger partial charge in [0, 0.05) is 19.2 Å². The van der Waals surface area contributed by atoms with Crippen LogP contribution in [0.25, 0.3) is 0 Å². The molecule has 0 radical (unpaired) electrons. The standard InChI is InChI=1S/C16H17ClN2O5S/c1-11-8-13(18-24-11)10-23-16(20)12-4-5-14(17)15(9-12)25(21,22)19-6-2-3-7-19/h4-5,8-9H,2-3,6-7,10H2,1H3. The Labute approximate surface area is 150 Å². The van der Waals surface area contributed by atoms with Gasteiger partial charge in [-0.1, -0.05) is 16.8 Å². The van der Waals surface area contributed by atoms with Gasteiger partial charge in [0.1, 0.15) is 23.0 Å². The van der Waals surface area contributed by atoms with E-state index < -0.39 is 16.0 Å². The zero-order valence-electron chi connectivity index (χ0n) is 13.6. The monoisotopic (exact) mass is 384 g/mol. The molecule has 1 fully saturated rings. The first kappa shape index (κ1) is 17.9. The lowest BCUT2D eigenvalue weighted by Crippen LogP contribution is -2.28. The predicted molar refractivity (Wildman–Crippen MR) is 89.8 cm³/mol. The van der Waals surface area contributed by atoms with E-state index >= 15 is 0 Å². The van der Waals surface area contributed by atoms with Crippen LogP contribution in [0.1, 0.15) is 34.7 Å². The van der Waals surface area contributed by atoms with Crippen molar-refractivity contribution < 1.29 is 22.5 Å². The lowest BCUT2D eigenvalue weighted by molar-refractivity contribution is 0.0464. The Morgan fingerprint density at radius 1 is 1.32 bits per heavy atom. The van der Waals surface area contributed by atoms with E-state index in [0.29, 0.717) is 24.5 Å². The summed E-state index contributed by atoms with van der Waals surface area (Å²) in [5.74, 6) is -0.0493. The van der Waals surface area contributed by atoms with Crippen molar-refractivity contribution in [2.45, 2.75) is 31.3 Å². The molecule has 1 aromatic carbocycles. The highest BCUT2D eigenvalue weighted by atomic mass is 35.5. The number of hydrogen-bond acceptors (Lipinski definition) is 6. The molecule has 0 unspecified atom stereocenters. The first-order valence-corrected chi connectivity index (χ1v) is 9.59. The molecule has 0 N–H and O–H groups in total. The van der Waals surface area contributed by atoms with Gasteiger partial charge in [0.2, 0.25) is 10.0 Å². The topological polar surface area (TPSA) is 89.7 Å². The van der Waals surface area contributed by atoms with Gasteiger partial charge in [-0.05, 0) is 38.0 Å². The third-order valence-corrected chi connectivity index (χ3v) is 6.26. The largest absolute Gasteiger partial charge is 0.455 e. The van der Waals surface area contributed by atoms with Crippen LogP contribution in [0.5, 0.6) is 0 Å². The van der Waals surface area contributed by atoms with Gasteiger partial charge in [0.05, 0.1) is 10.6 Å². The summed E-state index contributed by atoms with van der Waals surface area (Å²) in [4.78, 5) is 12.1. The molecule has 134 valence electrons. The Balaban J connectivity index is 1.79. The van der Waals surface area contributed by atoms with Crippen molar-refractivity contribution in [3.8, 4) is 0 Å². The number of nitrogens with zero attached hydrogens (tertiary/aromatic N) is 2. The quantitative estimate of drug-likeness (QED) is 0.736. The summed E-state index contributed by atoms with van der Waals surface area (Å²) in [5, 5.41) is 3.81. The van der Waals surface area contributed by atoms with Gasteiger partial charge < -0.3 is 9.26 Å². The van der Waals surface area contributed by atoms with Gasteiger partial charge in [0.25, 0.3) is 0 Å². The van der Waals surface area contributed by atoms with Gasteiger partial charge in [-0.2, -0.15) is 4.31 Å². The second kappa shape index (κ2) is 7.15. The smallest absolute Gasteiger partial charge is 0.338 e. The maximum absolute atomic E-state index is 12.7. The van der Waals surface area contributed by atoms with Crippen molar-refractivity contribution >= 4 is 27.6 Å². The van der Waals surface area contributed by atoms with E-state index in [4.69, 9.17) is 20.9 Å². The summed E-state index contributed by atoms with van der Waals surface area (Å²) in [6.07, 6.45) is 1.63. The molecule has 0 atom stereocenters. The number of rotatable bonds is 5. The molecule has 1 aliphatic rings. The summed E-state index contributed by atoms with van der Waals surface area (Å²) < 4.78 is 36.8. The molecule has 1 saturated heterocycles. The van der Waals surface area contributed by atoms with Crippen LogP contribution in [0, 0.1) is 6.92 Å². The summed E-state index contributed by atoms with van der Waals surface area (Å²) in [7, 11) is -3.72. The van der Waals surface area contributed by atoms with Gasteiger partial charge in [0.15, 0.2) is 0 Å². The van der Waals surface area contributed by atoms with E-state index in [-0.39, 0.29) is 22.1 Å². The predicted octanol–water partition coefficient (Wildman–Crippen LogP) is 2.78. The number of ether oxygens (including phenoxy) is 1. The molecule has 0 amide bonds. The fraction of sp³-hybridized carbons (Fsp3) is 0.375. The number of halogens is 1. The van der Waals surface area contributed by atoms with E-state index in [1.165, 1.54) is 22.5 Å². The van der Waals surface area contributed by atoms with Crippen LogP contribution in [0.2, 0.25) is 5.02 Å². The van der Waals surface area contributed by atoms with Gasteiger partial charge in [-0.25, -0.2) is 13.2 Å². The first-order valence-electron chi connectivity index (χ1n) is 7.77. The molecule has 3 rings (SSSR count). The number of aromatic nitrogens is 1. The van der Waals surface area contributed by atoms with Crippen LogP contribution >= 0.6 is 11.6 Å². The van der Waals surface area contributed by atoms with E-state index in [0.717, 1.165) is 12.8 Å². The molecule has 2 aromatic rings. The van der Waals surface area contributed by atoms with Crippen LogP contribution in [-0.4, -0.2) is 36.9 Å². The minimum atomic E-state index is -3.72. The molecule has 9 heteroatoms. The van der Waals surface area contributed by atoms with Crippen LogP contribution in [-0.2, 0) is 21.4 Å². The molecule has 1 aromatic heterocycles. The Morgan fingerprint density at radius 3 is 2.68 bits per heavy atom. The van der Waals surface area contributed by atoms with Crippen LogP contribution < -0.4 is 0 Å². The number of esters is 1. The Bertz CT molecular complexity index is 888. The first-order chi connectivity index (χ1) is 11.9. The van der Waals surface area contributed by atoms with Crippen LogP contribution in [0.3, 0.4) is 0 Å². The molecule has 7 nitrogen and oxygen atoms in total. The second-order valence-corrected chi connectivity index (χ2v) is 8.07. The summed E-state index contributed by atoms with van der Waals surface area (Å²) in [5.41, 5.74) is 0.590. The average molecular weight is 385 g/mol. The van der Waals surface area contributed by atoms with Crippen molar-refractivity contribution in [2.75, 3.05) is 13.1 Å². The Morgan fingerprint density at radius 2 is 2.04 bits per heavy atom. The average Bonchev–Trinajstić information content (AvgIpc) is 3.24. The Hall–Kier alpha value is -1.90. The highest BCUT2D eigenvalue weighted by Crippen LogP contribution is 2.28. The molecule has 2 heterocycles. The normalized spacial score (nSPS) is 15.4. The molecule has 0 aliphatic carbocycles. The number of hydrogen-bond donors (Lipinski definition) is 0. The maximum Gasteiger partial charge on any atom is 0.338 e. The van der Waals surface area contributed by atoms with E-state index in [9.17, 15) is 13.2 Å². The van der Waals surface area contributed by atoms with Crippen LogP contribution in [0.15, 0.2) is 33.7 Å². The molecule has 0 bridgehead atoms. The molecule has 0 spiro atoms. The number of carbonyl (C=O) groups is 1. The van der Waals surface area contributed by atoms with Crippen molar-refractivity contribution in [2.24, 2.45) is 0 Å². The molecular formula is C16H17ClN2O5S.